The molecule has 0 radical (unpaired) electrons. The number of benzene rings is 1. The van der Waals surface area contributed by atoms with Gasteiger partial charge in [0.05, 0.1) is 5.69 Å². The summed E-state index contributed by atoms with van der Waals surface area (Å²) in [5, 5.41) is 12.4. The van der Waals surface area contributed by atoms with Crippen molar-refractivity contribution in [3.63, 3.8) is 0 Å². The molecule has 4 heteroatoms. The maximum atomic E-state index is 12.0. The van der Waals surface area contributed by atoms with E-state index in [9.17, 15) is 9.90 Å². The number of carbonyl (C=O) groups is 1. The van der Waals surface area contributed by atoms with E-state index in [0.717, 1.165) is 24.1 Å². The summed E-state index contributed by atoms with van der Waals surface area (Å²) in [6, 6.07) is 4.95. The molecule has 0 spiro atoms. The fraction of sp³-hybridized carbons (Fsp3) is 0.500. The highest BCUT2D eigenvalue weighted by atomic mass is 16.3. The number of hydrogen-bond acceptors (Lipinski definition) is 2. The second-order valence-electron chi connectivity index (χ2n) is 4.30. The van der Waals surface area contributed by atoms with Crippen LogP contribution in [0.2, 0.25) is 0 Å². The molecule has 100 valence electrons. The van der Waals surface area contributed by atoms with Gasteiger partial charge in [-0.05, 0) is 31.9 Å². The number of nitrogens with zero attached hydrogens (tertiary/aromatic N) is 1. The maximum Gasteiger partial charge on any atom is 0.321 e. The van der Waals surface area contributed by atoms with E-state index in [1.165, 1.54) is 0 Å². The number of nitrogens with one attached hydrogen (secondary N) is 1. The molecule has 0 atom stereocenters. The topological polar surface area (TPSA) is 52.6 Å². The Hall–Kier alpha value is -1.71. The molecule has 0 aliphatic heterocycles. The van der Waals surface area contributed by atoms with Crippen LogP contribution in [0.1, 0.15) is 32.3 Å². The number of urea groups is 1. The van der Waals surface area contributed by atoms with Crippen LogP contribution in [0.3, 0.4) is 0 Å². The molecule has 0 saturated carbocycles. The predicted molar refractivity (Wildman–Crippen MR) is 74.2 cm³/mol. The van der Waals surface area contributed by atoms with Gasteiger partial charge in [0.2, 0.25) is 0 Å². The Morgan fingerprint density at radius 1 is 1.39 bits per heavy atom. The summed E-state index contributed by atoms with van der Waals surface area (Å²) in [7, 11) is 0. The van der Waals surface area contributed by atoms with E-state index in [-0.39, 0.29) is 11.8 Å². The van der Waals surface area contributed by atoms with Crippen molar-refractivity contribution in [1.29, 1.82) is 0 Å². The molecule has 18 heavy (non-hydrogen) atoms. The Morgan fingerprint density at radius 2 is 2.11 bits per heavy atom. The Kier molecular flexibility index (Phi) is 5.49. The summed E-state index contributed by atoms with van der Waals surface area (Å²) in [6.07, 6.45) is 2.03. The summed E-state index contributed by atoms with van der Waals surface area (Å²) in [6.45, 7) is 7.19. The van der Waals surface area contributed by atoms with Crippen LogP contribution in [-0.2, 0) is 0 Å². The average molecular weight is 250 g/mol. The number of aryl methyl sites for hydroxylation is 1. The first kappa shape index (κ1) is 14.4. The van der Waals surface area contributed by atoms with Gasteiger partial charge in [0, 0.05) is 19.2 Å². The van der Waals surface area contributed by atoms with E-state index < -0.39 is 0 Å². The highest BCUT2D eigenvalue weighted by molar-refractivity contribution is 5.92. The lowest BCUT2D eigenvalue weighted by atomic mass is 10.1. The molecule has 4 nitrogen and oxygen atoms in total. The first-order valence-corrected chi connectivity index (χ1v) is 6.45. The van der Waals surface area contributed by atoms with Crippen LogP contribution in [-0.4, -0.2) is 24.2 Å². The molecule has 0 saturated heterocycles. The van der Waals surface area contributed by atoms with E-state index in [0.29, 0.717) is 13.1 Å². The summed E-state index contributed by atoms with van der Waals surface area (Å²) in [5.74, 6) is 0.176. The second kappa shape index (κ2) is 6.89. The Balaban J connectivity index is 2.81. The lowest BCUT2D eigenvalue weighted by molar-refractivity contribution is 0.246. The van der Waals surface area contributed by atoms with Crippen molar-refractivity contribution < 1.29 is 9.90 Å². The molecule has 0 fully saturated rings. The minimum absolute atomic E-state index is 0.111. The standard InChI is InChI=1S/C14H22N2O2/c1-4-6-9-15-14(18)16(5-2)13-10-12(17)8-7-11(13)3/h7-8,10,17H,4-6,9H2,1-3H3,(H,15,18). The van der Waals surface area contributed by atoms with Gasteiger partial charge < -0.3 is 10.4 Å². The van der Waals surface area contributed by atoms with Crippen LogP contribution in [0, 0.1) is 6.92 Å². The third kappa shape index (κ3) is 3.65. The maximum absolute atomic E-state index is 12.0. The number of amides is 2. The highest BCUT2D eigenvalue weighted by Crippen LogP contribution is 2.24. The number of rotatable bonds is 5. The zero-order valence-electron chi connectivity index (χ0n) is 11.4. The van der Waals surface area contributed by atoms with Crippen molar-refractivity contribution in [3.8, 4) is 5.75 Å². The van der Waals surface area contributed by atoms with Gasteiger partial charge in [0.15, 0.2) is 0 Å². The molecule has 2 N–H and O–H groups in total. The smallest absolute Gasteiger partial charge is 0.321 e. The highest BCUT2D eigenvalue weighted by Gasteiger charge is 2.15. The van der Waals surface area contributed by atoms with Crippen LogP contribution in [0.4, 0.5) is 10.5 Å². The molecular formula is C14H22N2O2. The molecule has 0 heterocycles. The van der Waals surface area contributed by atoms with Crippen molar-refractivity contribution >= 4 is 11.7 Å². The van der Waals surface area contributed by atoms with Crippen LogP contribution in [0.15, 0.2) is 18.2 Å². The van der Waals surface area contributed by atoms with Crippen molar-refractivity contribution in [3.05, 3.63) is 23.8 Å². The van der Waals surface area contributed by atoms with E-state index in [1.807, 2.05) is 19.9 Å². The summed E-state index contributed by atoms with van der Waals surface area (Å²) in [4.78, 5) is 13.7. The van der Waals surface area contributed by atoms with Gasteiger partial charge >= 0.3 is 6.03 Å². The number of carbonyl (C=O) groups excluding carboxylic acids is 1. The van der Waals surface area contributed by atoms with Gasteiger partial charge in [-0.1, -0.05) is 19.4 Å². The minimum Gasteiger partial charge on any atom is -0.508 e. The summed E-state index contributed by atoms with van der Waals surface area (Å²) < 4.78 is 0. The van der Waals surface area contributed by atoms with Crippen molar-refractivity contribution in [2.24, 2.45) is 0 Å². The molecule has 0 bridgehead atoms. The number of aromatic hydroxyl groups is 1. The number of unbranched alkanes of at least 4 members (excludes halogenated alkanes) is 1. The Morgan fingerprint density at radius 3 is 2.72 bits per heavy atom. The number of phenols is 1. The molecule has 1 aromatic carbocycles. The lowest BCUT2D eigenvalue weighted by Gasteiger charge is -2.23. The van der Waals surface area contributed by atoms with Crippen molar-refractivity contribution in [2.75, 3.05) is 18.0 Å². The van der Waals surface area contributed by atoms with Gasteiger partial charge in [-0.25, -0.2) is 4.79 Å². The fourth-order valence-electron chi connectivity index (χ4n) is 1.78. The molecule has 1 aromatic rings. The van der Waals surface area contributed by atoms with E-state index in [2.05, 4.69) is 12.2 Å². The van der Waals surface area contributed by atoms with Gasteiger partial charge in [-0.15, -0.1) is 0 Å². The second-order valence-corrected chi connectivity index (χ2v) is 4.30. The SMILES string of the molecule is CCCCNC(=O)N(CC)c1cc(O)ccc1C. The fourth-order valence-corrected chi connectivity index (χ4v) is 1.78. The van der Waals surface area contributed by atoms with Crippen LogP contribution >= 0.6 is 0 Å². The van der Waals surface area contributed by atoms with Gasteiger partial charge in [0.25, 0.3) is 0 Å². The van der Waals surface area contributed by atoms with E-state index in [4.69, 9.17) is 0 Å². The molecule has 2 amide bonds. The van der Waals surface area contributed by atoms with Crippen molar-refractivity contribution in [1.82, 2.24) is 5.32 Å². The van der Waals surface area contributed by atoms with Gasteiger partial charge in [-0.3, -0.25) is 4.90 Å². The van der Waals surface area contributed by atoms with Crippen LogP contribution < -0.4 is 10.2 Å². The zero-order chi connectivity index (χ0) is 13.5. The Bertz CT molecular complexity index is 405. The molecule has 0 aliphatic rings. The Labute approximate surface area is 109 Å². The number of phenolic OH excluding ortho intramolecular Hbond substituents is 1. The third-order valence-corrected chi connectivity index (χ3v) is 2.85. The molecule has 1 rings (SSSR count). The third-order valence-electron chi connectivity index (χ3n) is 2.85. The molecular weight excluding hydrogens is 228 g/mol. The van der Waals surface area contributed by atoms with E-state index in [1.54, 1.807) is 17.0 Å². The normalized spacial score (nSPS) is 10.2. The number of anilines is 1. The predicted octanol–water partition coefficient (Wildman–Crippen LogP) is 3.04. The quantitative estimate of drug-likeness (QED) is 0.789. The molecule has 0 unspecified atom stereocenters. The summed E-state index contributed by atoms with van der Waals surface area (Å²) in [5.41, 5.74) is 1.73. The monoisotopic (exact) mass is 250 g/mol. The van der Waals surface area contributed by atoms with Crippen LogP contribution in [0.5, 0.6) is 5.75 Å². The zero-order valence-corrected chi connectivity index (χ0v) is 11.4. The molecule has 0 aliphatic carbocycles. The van der Waals surface area contributed by atoms with E-state index >= 15 is 0 Å². The largest absolute Gasteiger partial charge is 0.508 e. The van der Waals surface area contributed by atoms with Crippen molar-refractivity contribution in [2.45, 2.75) is 33.6 Å². The lowest BCUT2D eigenvalue weighted by Crippen LogP contribution is -2.40. The first-order valence-electron chi connectivity index (χ1n) is 6.45. The summed E-state index contributed by atoms with van der Waals surface area (Å²) >= 11 is 0. The first-order chi connectivity index (χ1) is 8.60. The molecule has 0 aromatic heterocycles. The minimum atomic E-state index is -0.111. The average Bonchev–Trinajstić information content (AvgIpc) is 2.35. The van der Waals surface area contributed by atoms with Gasteiger partial charge in [-0.2, -0.15) is 0 Å². The van der Waals surface area contributed by atoms with Gasteiger partial charge in [0.1, 0.15) is 5.75 Å². The number of hydrogen-bond donors (Lipinski definition) is 2. The van der Waals surface area contributed by atoms with Crippen LogP contribution in [0.25, 0.3) is 0 Å².